The Hall–Kier alpha value is -2.14. The number of aliphatic hydroxyl groups excluding tert-OH is 1. The average Bonchev–Trinajstić information content (AvgIpc) is 2.84. The van der Waals surface area contributed by atoms with Gasteiger partial charge in [-0.2, -0.15) is 0 Å². The van der Waals surface area contributed by atoms with Crippen molar-refractivity contribution in [2.45, 2.75) is 12.5 Å². The Bertz CT molecular complexity index is 642. The van der Waals surface area contributed by atoms with Crippen LogP contribution >= 0.6 is 0 Å². The zero-order valence-corrected chi connectivity index (χ0v) is 10.4. The van der Waals surface area contributed by atoms with Crippen molar-refractivity contribution in [3.8, 4) is 0 Å². The van der Waals surface area contributed by atoms with Crippen LogP contribution < -0.4 is 5.73 Å². The van der Waals surface area contributed by atoms with Crippen molar-refractivity contribution in [2.24, 2.45) is 0 Å². The van der Waals surface area contributed by atoms with Crippen LogP contribution in [0.5, 0.6) is 0 Å². The first-order valence-electron chi connectivity index (χ1n) is 6.28. The van der Waals surface area contributed by atoms with Gasteiger partial charge in [0.2, 0.25) is 0 Å². The van der Waals surface area contributed by atoms with E-state index in [4.69, 9.17) is 5.73 Å². The number of nitrogens with zero attached hydrogens (tertiary/aromatic N) is 2. The number of benzene rings is 1. The van der Waals surface area contributed by atoms with Crippen LogP contribution in [0.4, 0.5) is 5.82 Å². The number of nitrogens with two attached hydrogens (primary N) is 1. The number of nitrogen functional groups attached to an aromatic ring is 1. The number of amides is 1. The van der Waals surface area contributed by atoms with Crippen molar-refractivity contribution >= 4 is 22.5 Å². The van der Waals surface area contributed by atoms with Crippen LogP contribution in [0.15, 0.2) is 30.3 Å². The molecule has 0 aliphatic carbocycles. The van der Waals surface area contributed by atoms with Crippen molar-refractivity contribution in [2.75, 3.05) is 18.8 Å². The molecule has 98 valence electrons. The number of carbonyl (C=O) groups is 1. The van der Waals surface area contributed by atoms with Crippen LogP contribution in [0, 0.1) is 0 Å². The first kappa shape index (κ1) is 11.9. The van der Waals surface area contributed by atoms with Crippen LogP contribution in [-0.2, 0) is 0 Å². The molecule has 0 bridgehead atoms. The molecule has 1 fully saturated rings. The summed E-state index contributed by atoms with van der Waals surface area (Å²) >= 11 is 0. The average molecular weight is 257 g/mol. The third-order valence-corrected chi connectivity index (χ3v) is 3.44. The molecule has 5 nitrogen and oxygen atoms in total. The Balaban J connectivity index is 1.99. The maximum absolute atomic E-state index is 12.3. The van der Waals surface area contributed by atoms with Gasteiger partial charge in [0.1, 0.15) is 11.5 Å². The molecule has 3 N–H and O–H groups in total. The van der Waals surface area contributed by atoms with E-state index >= 15 is 0 Å². The molecule has 0 saturated carbocycles. The van der Waals surface area contributed by atoms with Gasteiger partial charge in [-0.15, -0.1) is 0 Å². The fraction of sp³-hybridized carbons (Fsp3) is 0.286. The van der Waals surface area contributed by atoms with E-state index in [0.29, 0.717) is 31.0 Å². The Morgan fingerprint density at radius 1 is 1.42 bits per heavy atom. The smallest absolute Gasteiger partial charge is 0.272 e. The van der Waals surface area contributed by atoms with Gasteiger partial charge in [0.05, 0.1) is 6.10 Å². The van der Waals surface area contributed by atoms with Gasteiger partial charge < -0.3 is 15.7 Å². The molecule has 2 aromatic rings. The molecule has 0 radical (unpaired) electrons. The topological polar surface area (TPSA) is 79.5 Å². The fourth-order valence-corrected chi connectivity index (χ4v) is 2.42. The highest BCUT2D eigenvalue weighted by Gasteiger charge is 2.26. The summed E-state index contributed by atoms with van der Waals surface area (Å²) in [6, 6.07) is 9.32. The maximum atomic E-state index is 12.3. The number of likely N-dealkylation sites (tertiary alicyclic amines) is 1. The number of pyridine rings is 1. The van der Waals surface area contributed by atoms with E-state index in [1.807, 2.05) is 24.3 Å². The van der Waals surface area contributed by atoms with Crippen molar-refractivity contribution in [3.05, 3.63) is 36.0 Å². The van der Waals surface area contributed by atoms with Gasteiger partial charge in [-0.05, 0) is 17.9 Å². The highest BCUT2D eigenvalue weighted by Crippen LogP contribution is 2.21. The number of anilines is 1. The van der Waals surface area contributed by atoms with Gasteiger partial charge in [-0.3, -0.25) is 4.79 Å². The van der Waals surface area contributed by atoms with Crippen LogP contribution in [0.1, 0.15) is 16.9 Å². The zero-order valence-electron chi connectivity index (χ0n) is 10.4. The van der Waals surface area contributed by atoms with E-state index < -0.39 is 6.10 Å². The molecule has 1 aromatic heterocycles. The lowest BCUT2D eigenvalue weighted by Gasteiger charge is -2.15. The molecule has 1 aliphatic rings. The largest absolute Gasteiger partial charge is 0.391 e. The quantitative estimate of drug-likeness (QED) is 0.799. The lowest BCUT2D eigenvalue weighted by molar-refractivity contribution is 0.0759. The molecule has 5 heteroatoms. The standard InChI is InChI=1S/C14H15N3O2/c15-13-11-4-2-1-3-9(11)7-12(16-13)14(19)17-6-5-10(18)8-17/h1-4,7,10,18H,5-6,8H2,(H2,15,16). The minimum Gasteiger partial charge on any atom is -0.391 e. The van der Waals surface area contributed by atoms with Gasteiger partial charge >= 0.3 is 0 Å². The number of aromatic nitrogens is 1. The second kappa shape index (κ2) is 4.51. The molecule has 19 heavy (non-hydrogen) atoms. The summed E-state index contributed by atoms with van der Waals surface area (Å²) in [5.41, 5.74) is 6.23. The molecular weight excluding hydrogens is 242 g/mol. The summed E-state index contributed by atoms with van der Waals surface area (Å²) in [6.07, 6.45) is 0.191. The number of aliphatic hydroxyl groups is 1. The van der Waals surface area contributed by atoms with Crippen LogP contribution in [0.3, 0.4) is 0 Å². The summed E-state index contributed by atoms with van der Waals surface area (Å²) < 4.78 is 0. The molecule has 1 aromatic carbocycles. The van der Waals surface area contributed by atoms with Crippen molar-refractivity contribution in [1.82, 2.24) is 9.88 Å². The van der Waals surface area contributed by atoms with E-state index in [2.05, 4.69) is 4.98 Å². The van der Waals surface area contributed by atoms with Gasteiger partial charge in [0.25, 0.3) is 5.91 Å². The van der Waals surface area contributed by atoms with Crippen molar-refractivity contribution in [1.29, 1.82) is 0 Å². The van der Waals surface area contributed by atoms with Gasteiger partial charge in [0.15, 0.2) is 0 Å². The third kappa shape index (κ3) is 2.13. The summed E-state index contributed by atoms with van der Waals surface area (Å²) in [6.45, 7) is 0.932. The Labute approximate surface area is 110 Å². The molecule has 1 amide bonds. The maximum Gasteiger partial charge on any atom is 0.272 e. The molecule has 1 saturated heterocycles. The Morgan fingerprint density at radius 3 is 2.95 bits per heavy atom. The number of fused-ring (bicyclic) bond motifs is 1. The van der Waals surface area contributed by atoms with Crippen LogP contribution in [0.25, 0.3) is 10.8 Å². The monoisotopic (exact) mass is 257 g/mol. The number of carbonyl (C=O) groups excluding carboxylic acids is 1. The first-order chi connectivity index (χ1) is 9.15. The van der Waals surface area contributed by atoms with Crippen molar-refractivity contribution in [3.63, 3.8) is 0 Å². The molecular formula is C14H15N3O2. The predicted octanol–water partition coefficient (Wildman–Crippen LogP) is 1.02. The summed E-state index contributed by atoms with van der Waals surface area (Å²) in [5, 5.41) is 11.2. The molecule has 1 unspecified atom stereocenters. The molecule has 1 aliphatic heterocycles. The fourth-order valence-electron chi connectivity index (χ4n) is 2.42. The normalized spacial score (nSPS) is 19.0. The van der Waals surface area contributed by atoms with E-state index in [9.17, 15) is 9.90 Å². The number of rotatable bonds is 1. The molecule has 0 spiro atoms. The molecule has 3 rings (SSSR count). The minimum atomic E-state index is -0.429. The summed E-state index contributed by atoms with van der Waals surface area (Å²) in [4.78, 5) is 18.1. The van der Waals surface area contributed by atoms with E-state index in [1.54, 1.807) is 11.0 Å². The number of hydrogen-bond acceptors (Lipinski definition) is 4. The van der Waals surface area contributed by atoms with Crippen LogP contribution in [-0.4, -0.2) is 40.1 Å². The second-order valence-electron chi connectivity index (χ2n) is 4.81. The van der Waals surface area contributed by atoms with E-state index in [0.717, 1.165) is 10.8 Å². The zero-order chi connectivity index (χ0) is 13.4. The van der Waals surface area contributed by atoms with E-state index in [-0.39, 0.29) is 5.91 Å². The van der Waals surface area contributed by atoms with Gasteiger partial charge in [0, 0.05) is 18.5 Å². The first-order valence-corrected chi connectivity index (χ1v) is 6.28. The number of hydrogen-bond donors (Lipinski definition) is 2. The SMILES string of the molecule is Nc1nc(C(=O)N2CCC(O)C2)cc2ccccc12. The molecule has 1 atom stereocenters. The third-order valence-electron chi connectivity index (χ3n) is 3.44. The van der Waals surface area contributed by atoms with Gasteiger partial charge in [-0.25, -0.2) is 4.98 Å². The highest BCUT2D eigenvalue weighted by molar-refractivity contribution is 5.99. The van der Waals surface area contributed by atoms with Crippen LogP contribution in [0.2, 0.25) is 0 Å². The summed E-state index contributed by atoms with van der Waals surface area (Å²) in [7, 11) is 0. The Morgan fingerprint density at radius 2 is 2.21 bits per heavy atom. The lowest BCUT2D eigenvalue weighted by atomic mass is 10.1. The highest BCUT2D eigenvalue weighted by atomic mass is 16.3. The predicted molar refractivity (Wildman–Crippen MR) is 72.7 cm³/mol. The minimum absolute atomic E-state index is 0.172. The Kier molecular flexibility index (Phi) is 2.83. The number of β-amino-alcohol motifs (C(OH)–C–C–N with tert-alkyl or cyclic N) is 1. The molecule has 2 heterocycles. The second-order valence-corrected chi connectivity index (χ2v) is 4.81. The van der Waals surface area contributed by atoms with Crippen molar-refractivity contribution < 1.29 is 9.90 Å². The summed E-state index contributed by atoms with van der Waals surface area (Å²) in [5.74, 6) is 0.190. The van der Waals surface area contributed by atoms with Gasteiger partial charge in [-0.1, -0.05) is 24.3 Å². The lowest BCUT2D eigenvalue weighted by Crippen LogP contribution is -2.30. The van der Waals surface area contributed by atoms with E-state index in [1.165, 1.54) is 0 Å².